The lowest BCUT2D eigenvalue weighted by molar-refractivity contribution is -0.138. The van der Waals surface area contributed by atoms with Gasteiger partial charge in [0.05, 0.1) is 6.04 Å². The Balaban J connectivity index is 1.52. The number of nitrogens with one attached hydrogen (secondary N) is 2. The molecule has 2 N–H and O–H groups in total. The van der Waals surface area contributed by atoms with Gasteiger partial charge in [-0.2, -0.15) is 0 Å². The lowest BCUT2D eigenvalue weighted by Gasteiger charge is -2.26. The van der Waals surface area contributed by atoms with Crippen molar-refractivity contribution in [2.45, 2.75) is 76.4 Å². The number of hydrogen-bond acceptors (Lipinski definition) is 4. The van der Waals surface area contributed by atoms with Crippen LogP contribution in [0.2, 0.25) is 0 Å². The van der Waals surface area contributed by atoms with Gasteiger partial charge in [0, 0.05) is 4.88 Å². The molecule has 2 aromatic rings. The van der Waals surface area contributed by atoms with Gasteiger partial charge in [-0.1, -0.05) is 56.5 Å². The Morgan fingerprint density at radius 3 is 2.53 bits per heavy atom. The van der Waals surface area contributed by atoms with Crippen molar-refractivity contribution in [1.29, 1.82) is 0 Å². The van der Waals surface area contributed by atoms with E-state index in [1.807, 2.05) is 17.5 Å². The van der Waals surface area contributed by atoms with E-state index in [0.29, 0.717) is 12.8 Å². The molecule has 2 heterocycles. The summed E-state index contributed by atoms with van der Waals surface area (Å²) in [7, 11) is 0. The number of amides is 4. The lowest BCUT2D eigenvalue weighted by atomic mass is 9.97. The molecule has 6 nitrogen and oxygen atoms in total. The van der Waals surface area contributed by atoms with Crippen LogP contribution in [0.4, 0.5) is 4.79 Å². The van der Waals surface area contributed by atoms with Gasteiger partial charge in [-0.25, -0.2) is 9.69 Å². The van der Waals surface area contributed by atoms with E-state index in [2.05, 4.69) is 41.8 Å². The maximum Gasteiger partial charge on any atom is 0.325 e. The Bertz CT molecular complexity index is 965. The third-order valence-corrected chi connectivity index (χ3v) is 7.60. The highest BCUT2D eigenvalue weighted by Gasteiger charge is 2.54. The summed E-state index contributed by atoms with van der Waals surface area (Å²) in [4.78, 5) is 41.0. The van der Waals surface area contributed by atoms with E-state index in [9.17, 15) is 14.4 Å². The fraction of sp³-hybridized carbons (Fsp3) is 0.480. The molecule has 2 aliphatic rings. The van der Waals surface area contributed by atoms with Crippen molar-refractivity contribution >= 4 is 29.2 Å². The van der Waals surface area contributed by atoms with Crippen LogP contribution in [0.15, 0.2) is 41.8 Å². The zero-order valence-electron chi connectivity index (χ0n) is 18.7. The zero-order chi connectivity index (χ0) is 22.7. The number of thiophene rings is 1. The molecule has 7 heteroatoms. The van der Waals surface area contributed by atoms with Gasteiger partial charge in [-0.15, -0.1) is 11.3 Å². The first-order valence-electron chi connectivity index (χ1n) is 11.5. The molecule has 2 unspecified atom stereocenters. The molecule has 1 aliphatic carbocycles. The number of hydrogen-bond donors (Lipinski definition) is 2. The van der Waals surface area contributed by atoms with E-state index >= 15 is 0 Å². The Labute approximate surface area is 193 Å². The molecule has 1 saturated carbocycles. The molecule has 170 valence electrons. The Morgan fingerprint density at radius 2 is 1.91 bits per heavy atom. The van der Waals surface area contributed by atoms with Crippen molar-refractivity contribution in [1.82, 2.24) is 15.5 Å². The van der Waals surface area contributed by atoms with Crippen molar-refractivity contribution in [3.8, 4) is 0 Å². The average molecular weight is 454 g/mol. The molecule has 1 aromatic heterocycles. The summed E-state index contributed by atoms with van der Waals surface area (Å²) >= 11 is 1.57. The van der Waals surface area contributed by atoms with Crippen molar-refractivity contribution in [2.24, 2.45) is 0 Å². The van der Waals surface area contributed by atoms with Crippen LogP contribution in [0.25, 0.3) is 0 Å². The van der Waals surface area contributed by atoms with E-state index in [1.165, 1.54) is 5.56 Å². The summed E-state index contributed by atoms with van der Waals surface area (Å²) in [5.74, 6) is -0.604. The molecule has 4 amide bonds. The van der Waals surface area contributed by atoms with Gasteiger partial charge in [0.15, 0.2) is 0 Å². The first-order chi connectivity index (χ1) is 15.4. The molecule has 2 atom stereocenters. The van der Waals surface area contributed by atoms with Crippen LogP contribution in [0.1, 0.15) is 74.4 Å². The summed E-state index contributed by atoms with van der Waals surface area (Å²) in [6.07, 6.45) is 6.45. The van der Waals surface area contributed by atoms with Gasteiger partial charge in [-0.05, 0) is 55.2 Å². The number of carbonyl (C=O) groups excluding carboxylic acids is 3. The van der Waals surface area contributed by atoms with Gasteiger partial charge in [0.25, 0.3) is 5.91 Å². The third-order valence-electron chi connectivity index (χ3n) is 6.66. The monoisotopic (exact) mass is 453 g/mol. The second kappa shape index (κ2) is 9.45. The van der Waals surface area contributed by atoms with Crippen LogP contribution in [-0.4, -0.2) is 34.3 Å². The van der Waals surface area contributed by atoms with Gasteiger partial charge >= 0.3 is 6.03 Å². The molecular formula is C25H31N3O3S. The molecule has 1 saturated heterocycles. The van der Waals surface area contributed by atoms with Crippen molar-refractivity contribution < 1.29 is 14.4 Å². The predicted octanol–water partition coefficient (Wildman–Crippen LogP) is 4.55. The van der Waals surface area contributed by atoms with E-state index in [1.54, 1.807) is 18.3 Å². The van der Waals surface area contributed by atoms with Gasteiger partial charge in [0.2, 0.25) is 5.91 Å². The van der Waals surface area contributed by atoms with Crippen LogP contribution >= 0.6 is 11.3 Å². The largest absolute Gasteiger partial charge is 0.343 e. The molecular weight excluding hydrogens is 422 g/mol. The number of nitrogens with zero attached hydrogens (tertiary/aromatic N) is 1. The summed E-state index contributed by atoms with van der Waals surface area (Å²) < 4.78 is 0. The number of aryl methyl sites for hydroxylation is 1. The van der Waals surface area contributed by atoms with Crippen LogP contribution in [0.3, 0.4) is 0 Å². The van der Waals surface area contributed by atoms with E-state index in [-0.39, 0.29) is 17.9 Å². The summed E-state index contributed by atoms with van der Waals surface area (Å²) in [5, 5.41) is 7.93. The van der Waals surface area contributed by atoms with Gasteiger partial charge in [-0.3, -0.25) is 9.59 Å². The maximum atomic E-state index is 13.2. The minimum absolute atomic E-state index is 0.268. The highest BCUT2D eigenvalue weighted by atomic mass is 32.1. The normalized spacial score (nSPS) is 19.2. The molecule has 0 radical (unpaired) electrons. The Kier molecular flexibility index (Phi) is 6.65. The van der Waals surface area contributed by atoms with Crippen molar-refractivity contribution in [3.63, 3.8) is 0 Å². The smallest absolute Gasteiger partial charge is 0.325 e. The van der Waals surface area contributed by atoms with Crippen LogP contribution in [-0.2, 0) is 16.0 Å². The van der Waals surface area contributed by atoms with Crippen LogP contribution < -0.4 is 10.6 Å². The number of imide groups is 1. The second-order valence-corrected chi connectivity index (χ2v) is 9.85. The molecule has 0 bridgehead atoms. The number of rotatable bonds is 8. The molecule has 1 spiro atoms. The van der Waals surface area contributed by atoms with Gasteiger partial charge in [0.1, 0.15) is 11.6 Å². The zero-order valence-corrected chi connectivity index (χ0v) is 19.5. The predicted molar refractivity (Wildman–Crippen MR) is 125 cm³/mol. The molecule has 4 rings (SSSR count). The van der Waals surface area contributed by atoms with Crippen molar-refractivity contribution in [2.75, 3.05) is 0 Å². The Hall–Kier alpha value is -2.67. The molecule has 1 aliphatic heterocycles. The highest BCUT2D eigenvalue weighted by molar-refractivity contribution is 7.10. The highest BCUT2D eigenvalue weighted by Crippen LogP contribution is 2.36. The quantitative estimate of drug-likeness (QED) is 0.576. The molecule has 2 fully saturated rings. The summed E-state index contributed by atoms with van der Waals surface area (Å²) in [6, 6.07) is 10.6. The standard InChI is InChI=1S/C25H31N3O3S/c1-3-4-8-18-10-12-19(13-11-18)21(20-9-7-16-32-20)26-22(29)17(2)28-23(30)25(27-24(28)31)14-5-6-15-25/h7,9-13,16-17,21H,3-6,8,14-15H2,1-2H3,(H,26,29)(H,27,31). The topological polar surface area (TPSA) is 78.5 Å². The van der Waals surface area contributed by atoms with Crippen LogP contribution in [0, 0.1) is 0 Å². The first-order valence-corrected chi connectivity index (χ1v) is 12.4. The van der Waals surface area contributed by atoms with Crippen molar-refractivity contribution in [3.05, 3.63) is 57.8 Å². The number of carbonyl (C=O) groups is 3. The van der Waals surface area contributed by atoms with Gasteiger partial charge < -0.3 is 10.6 Å². The van der Waals surface area contributed by atoms with E-state index in [0.717, 1.165) is 47.4 Å². The number of unbranched alkanes of at least 4 members (excludes halogenated alkanes) is 1. The van der Waals surface area contributed by atoms with E-state index < -0.39 is 17.6 Å². The summed E-state index contributed by atoms with van der Waals surface area (Å²) in [5.41, 5.74) is 1.45. The minimum atomic E-state index is -0.881. The first kappa shape index (κ1) is 22.5. The lowest BCUT2D eigenvalue weighted by Crippen LogP contribution is -2.50. The number of benzene rings is 1. The SMILES string of the molecule is CCCCc1ccc(C(NC(=O)C(C)N2C(=O)NC3(CCCC3)C2=O)c2cccs2)cc1. The molecule has 32 heavy (non-hydrogen) atoms. The number of urea groups is 1. The Morgan fingerprint density at radius 1 is 1.19 bits per heavy atom. The maximum absolute atomic E-state index is 13.2. The average Bonchev–Trinajstić information content (AvgIpc) is 3.53. The fourth-order valence-corrected chi connectivity index (χ4v) is 5.52. The van der Waals surface area contributed by atoms with Crippen LogP contribution in [0.5, 0.6) is 0 Å². The molecule has 1 aromatic carbocycles. The summed E-state index contributed by atoms with van der Waals surface area (Å²) in [6.45, 7) is 3.80. The fourth-order valence-electron chi connectivity index (χ4n) is 4.72. The third kappa shape index (κ3) is 4.31. The van der Waals surface area contributed by atoms with E-state index in [4.69, 9.17) is 0 Å². The second-order valence-electron chi connectivity index (χ2n) is 8.87. The minimum Gasteiger partial charge on any atom is -0.343 e.